The summed E-state index contributed by atoms with van der Waals surface area (Å²) in [5, 5.41) is 3.28. The fraction of sp³-hybridized carbons (Fsp3) is 0.323. The molecular weight excluding hydrogens is 470 g/mol. The third-order valence-electron chi connectivity index (χ3n) is 7.65. The molecule has 1 aliphatic heterocycles. The normalized spacial score (nSPS) is 17.8. The van der Waals surface area contributed by atoms with Crippen LogP contribution in [0, 0.1) is 5.92 Å². The first-order valence-corrected chi connectivity index (χ1v) is 13.6. The van der Waals surface area contributed by atoms with E-state index in [4.69, 9.17) is 15.7 Å². The fourth-order valence-electron chi connectivity index (χ4n) is 5.60. The minimum atomic E-state index is 0.459. The highest BCUT2D eigenvalue weighted by Crippen LogP contribution is 2.32. The average Bonchev–Trinajstić information content (AvgIpc) is 3.57. The number of imidazole rings is 1. The van der Waals surface area contributed by atoms with Gasteiger partial charge in [0.2, 0.25) is 0 Å². The number of nitrogens with zero attached hydrogens (tertiary/aromatic N) is 5. The number of nitrogens with one attached hydrogen (secondary N) is 1. The summed E-state index contributed by atoms with van der Waals surface area (Å²) in [5.41, 5.74) is 13.2. The molecule has 1 aliphatic carbocycles. The van der Waals surface area contributed by atoms with Crippen molar-refractivity contribution in [2.24, 2.45) is 5.92 Å². The smallest absolute Gasteiger partial charge is 0.165 e. The van der Waals surface area contributed by atoms with Gasteiger partial charge >= 0.3 is 0 Å². The van der Waals surface area contributed by atoms with E-state index in [0.717, 1.165) is 71.4 Å². The van der Waals surface area contributed by atoms with Crippen LogP contribution in [0.25, 0.3) is 33.8 Å². The van der Waals surface area contributed by atoms with Gasteiger partial charge in [-0.2, -0.15) is 0 Å². The van der Waals surface area contributed by atoms with Gasteiger partial charge in [-0.3, -0.25) is 9.47 Å². The van der Waals surface area contributed by atoms with Crippen LogP contribution in [0.3, 0.4) is 0 Å². The van der Waals surface area contributed by atoms with Crippen molar-refractivity contribution in [3.05, 3.63) is 84.2 Å². The maximum atomic E-state index is 6.31. The SMILES string of the molecule is CNCCC1CCN(Cc2ccc(-n3c(-c4cccnc4N)nc4ccc(C5=CCCC=C5)nc43)cc2)C1. The average molecular weight is 506 g/mol. The van der Waals surface area contributed by atoms with Crippen LogP contribution in [-0.2, 0) is 6.54 Å². The molecule has 3 aromatic heterocycles. The molecule has 1 saturated heterocycles. The van der Waals surface area contributed by atoms with E-state index in [1.54, 1.807) is 6.20 Å². The zero-order valence-corrected chi connectivity index (χ0v) is 22.0. The molecule has 6 rings (SSSR count). The van der Waals surface area contributed by atoms with Gasteiger partial charge in [-0.25, -0.2) is 15.0 Å². The van der Waals surface area contributed by atoms with Gasteiger partial charge in [-0.05, 0) is 99.3 Å². The Morgan fingerprint density at radius 3 is 2.74 bits per heavy atom. The maximum absolute atomic E-state index is 6.31. The molecule has 194 valence electrons. The van der Waals surface area contributed by atoms with Gasteiger partial charge in [0, 0.05) is 25.0 Å². The standard InChI is InChI=1S/C31H35N7/c1-33-18-15-23-16-19-37(21-23)20-22-9-11-25(12-10-22)38-30(26-8-5-17-34-29(26)32)36-28-14-13-27(35-31(28)38)24-6-3-2-4-7-24/h3,5-14,17,23,33H,2,4,15-16,18-21H2,1H3,(H2,32,34). The highest BCUT2D eigenvalue weighted by molar-refractivity contribution is 5.85. The van der Waals surface area contributed by atoms with Crippen molar-refractivity contribution in [3.8, 4) is 17.1 Å². The monoisotopic (exact) mass is 505 g/mol. The second kappa shape index (κ2) is 10.9. The third-order valence-corrected chi connectivity index (χ3v) is 7.65. The summed E-state index contributed by atoms with van der Waals surface area (Å²) in [5.74, 6) is 2.00. The number of nitrogen functional groups attached to an aromatic ring is 1. The first-order chi connectivity index (χ1) is 18.7. The molecular formula is C31H35N7. The second-order valence-electron chi connectivity index (χ2n) is 10.3. The summed E-state index contributed by atoms with van der Waals surface area (Å²) in [6, 6.07) is 16.8. The Morgan fingerprint density at radius 1 is 1.05 bits per heavy atom. The highest BCUT2D eigenvalue weighted by atomic mass is 15.2. The molecule has 0 saturated carbocycles. The van der Waals surface area contributed by atoms with Crippen molar-refractivity contribution >= 4 is 22.6 Å². The van der Waals surface area contributed by atoms with Gasteiger partial charge in [0.1, 0.15) is 11.3 Å². The van der Waals surface area contributed by atoms with Crippen LogP contribution in [0.2, 0.25) is 0 Å². The van der Waals surface area contributed by atoms with Crippen LogP contribution >= 0.6 is 0 Å². The molecule has 7 nitrogen and oxygen atoms in total. The Balaban J connectivity index is 1.35. The number of allylic oxidation sites excluding steroid dienone is 4. The van der Waals surface area contributed by atoms with Gasteiger partial charge < -0.3 is 11.1 Å². The predicted molar refractivity (Wildman–Crippen MR) is 155 cm³/mol. The highest BCUT2D eigenvalue weighted by Gasteiger charge is 2.22. The van der Waals surface area contributed by atoms with Gasteiger partial charge in [0.05, 0.1) is 11.3 Å². The zero-order valence-electron chi connectivity index (χ0n) is 22.0. The number of hydrogen-bond donors (Lipinski definition) is 2. The Kier molecular flexibility index (Phi) is 7.03. The van der Waals surface area contributed by atoms with Crippen molar-refractivity contribution in [2.45, 2.75) is 32.2 Å². The topological polar surface area (TPSA) is 84.9 Å². The van der Waals surface area contributed by atoms with E-state index in [1.165, 1.54) is 31.5 Å². The molecule has 1 fully saturated rings. The largest absolute Gasteiger partial charge is 0.383 e. The lowest BCUT2D eigenvalue weighted by molar-refractivity contribution is 0.313. The third kappa shape index (κ3) is 4.99. The number of aromatic nitrogens is 4. The lowest BCUT2D eigenvalue weighted by Crippen LogP contribution is -2.21. The first-order valence-electron chi connectivity index (χ1n) is 13.6. The number of likely N-dealkylation sites (tertiary alicyclic amines) is 1. The van der Waals surface area contributed by atoms with Crippen molar-refractivity contribution < 1.29 is 0 Å². The van der Waals surface area contributed by atoms with Crippen LogP contribution in [0.5, 0.6) is 0 Å². The second-order valence-corrected chi connectivity index (χ2v) is 10.3. The number of hydrogen-bond acceptors (Lipinski definition) is 6. The number of nitrogens with two attached hydrogens (primary N) is 1. The summed E-state index contributed by atoms with van der Waals surface area (Å²) < 4.78 is 2.12. The molecule has 0 bridgehead atoms. The predicted octanol–water partition coefficient (Wildman–Crippen LogP) is 5.23. The van der Waals surface area contributed by atoms with Crippen LogP contribution in [0.15, 0.2) is 73.0 Å². The van der Waals surface area contributed by atoms with E-state index in [0.29, 0.717) is 5.82 Å². The van der Waals surface area contributed by atoms with E-state index in [2.05, 4.69) is 74.4 Å². The van der Waals surface area contributed by atoms with Crippen LogP contribution in [-0.4, -0.2) is 51.1 Å². The van der Waals surface area contributed by atoms with Gasteiger partial charge in [-0.15, -0.1) is 0 Å². The summed E-state index contributed by atoms with van der Waals surface area (Å²) in [6.07, 6.45) is 13.0. The summed E-state index contributed by atoms with van der Waals surface area (Å²) >= 11 is 0. The molecule has 1 aromatic carbocycles. The van der Waals surface area contributed by atoms with E-state index < -0.39 is 0 Å². The molecule has 38 heavy (non-hydrogen) atoms. The van der Waals surface area contributed by atoms with E-state index in [1.807, 2.05) is 19.2 Å². The Labute approximate surface area is 224 Å². The number of rotatable bonds is 8. The first kappa shape index (κ1) is 24.5. The van der Waals surface area contributed by atoms with E-state index >= 15 is 0 Å². The van der Waals surface area contributed by atoms with Gasteiger partial charge in [-0.1, -0.05) is 30.4 Å². The lowest BCUT2D eigenvalue weighted by Gasteiger charge is -2.17. The molecule has 0 spiro atoms. The number of anilines is 1. The van der Waals surface area contributed by atoms with Crippen LogP contribution in [0.4, 0.5) is 5.82 Å². The Bertz CT molecular complexity index is 1480. The Morgan fingerprint density at radius 2 is 1.95 bits per heavy atom. The summed E-state index contributed by atoms with van der Waals surface area (Å²) in [7, 11) is 2.03. The molecule has 7 heteroatoms. The molecule has 1 unspecified atom stereocenters. The minimum Gasteiger partial charge on any atom is -0.383 e. The zero-order chi connectivity index (χ0) is 25.9. The molecule has 1 atom stereocenters. The van der Waals surface area contributed by atoms with Crippen molar-refractivity contribution in [1.82, 2.24) is 29.7 Å². The number of fused-ring (bicyclic) bond motifs is 1. The van der Waals surface area contributed by atoms with Crippen LogP contribution in [0.1, 0.15) is 36.9 Å². The molecule has 4 heterocycles. The summed E-state index contributed by atoms with van der Waals surface area (Å²) in [6.45, 7) is 4.42. The van der Waals surface area contributed by atoms with Crippen molar-refractivity contribution in [1.29, 1.82) is 0 Å². The van der Waals surface area contributed by atoms with Crippen LogP contribution < -0.4 is 11.1 Å². The molecule has 4 aromatic rings. The fourth-order valence-corrected chi connectivity index (χ4v) is 5.60. The maximum Gasteiger partial charge on any atom is 0.165 e. The molecule has 2 aliphatic rings. The minimum absolute atomic E-state index is 0.459. The van der Waals surface area contributed by atoms with Gasteiger partial charge in [0.15, 0.2) is 11.5 Å². The lowest BCUT2D eigenvalue weighted by atomic mass is 10.0. The van der Waals surface area contributed by atoms with Gasteiger partial charge in [0.25, 0.3) is 0 Å². The quantitative estimate of drug-likeness (QED) is 0.341. The van der Waals surface area contributed by atoms with E-state index in [-0.39, 0.29) is 0 Å². The summed E-state index contributed by atoms with van der Waals surface area (Å²) in [4.78, 5) is 17.0. The Hall–Kier alpha value is -3.81. The molecule has 0 radical (unpaired) electrons. The van der Waals surface area contributed by atoms with Crippen molar-refractivity contribution in [2.75, 3.05) is 32.4 Å². The number of pyridine rings is 2. The van der Waals surface area contributed by atoms with Crippen molar-refractivity contribution in [3.63, 3.8) is 0 Å². The number of benzene rings is 1. The molecule has 0 amide bonds. The molecule has 3 N–H and O–H groups in total. The van der Waals surface area contributed by atoms with E-state index in [9.17, 15) is 0 Å².